The molecule has 0 aromatic heterocycles. The molecule has 0 saturated carbocycles. The van der Waals surface area contributed by atoms with E-state index in [1.54, 1.807) is 36.4 Å². The lowest BCUT2D eigenvalue weighted by Gasteiger charge is -2.10. The van der Waals surface area contributed by atoms with E-state index in [4.69, 9.17) is 4.74 Å². The Bertz CT molecular complexity index is 666. The van der Waals surface area contributed by atoms with Crippen LogP contribution < -0.4 is 4.74 Å². The number of hydrogen-bond donors (Lipinski definition) is 2. The van der Waals surface area contributed by atoms with E-state index in [9.17, 15) is 10.2 Å². The van der Waals surface area contributed by atoms with Gasteiger partial charge >= 0.3 is 0 Å². The molecule has 122 valence electrons. The molecule has 2 N–H and O–H groups in total. The normalized spacial score (nSPS) is 12.7. The van der Waals surface area contributed by atoms with Crippen molar-refractivity contribution >= 4 is 11.4 Å². The Morgan fingerprint density at radius 2 is 1.61 bits per heavy atom. The largest absolute Gasteiger partial charge is 0.508 e. The van der Waals surface area contributed by atoms with Gasteiger partial charge in [0.15, 0.2) is 6.29 Å². The van der Waals surface area contributed by atoms with Crippen LogP contribution in [0.4, 0.5) is 11.4 Å². The zero-order chi connectivity index (χ0) is 16.8. The molecule has 1 atom stereocenters. The number of phenolic OH excluding ortho intramolecular Hbond substituents is 1. The highest BCUT2D eigenvalue weighted by Gasteiger charge is 2.06. The van der Waals surface area contributed by atoms with E-state index in [1.165, 1.54) is 0 Å². The van der Waals surface area contributed by atoms with Crippen LogP contribution in [-0.4, -0.2) is 16.5 Å². The summed E-state index contributed by atoms with van der Waals surface area (Å²) in [7, 11) is 0. The first-order valence-corrected chi connectivity index (χ1v) is 7.69. The molecule has 0 aliphatic heterocycles. The minimum Gasteiger partial charge on any atom is -0.508 e. The fraction of sp³-hybridized carbons (Fsp3) is 0.333. The van der Waals surface area contributed by atoms with Crippen LogP contribution in [0.25, 0.3) is 0 Å². The van der Waals surface area contributed by atoms with Crippen molar-refractivity contribution in [2.75, 3.05) is 0 Å². The molecular formula is C18H22N2O3. The minimum absolute atomic E-state index is 0.214. The maximum absolute atomic E-state index is 9.81. The van der Waals surface area contributed by atoms with Crippen molar-refractivity contribution in [1.82, 2.24) is 0 Å². The summed E-state index contributed by atoms with van der Waals surface area (Å²) >= 11 is 0. The molecule has 0 aliphatic carbocycles. The van der Waals surface area contributed by atoms with Crippen molar-refractivity contribution in [3.8, 4) is 11.5 Å². The van der Waals surface area contributed by atoms with Crippen molar-refractivity contribution in [1.29, 1.82) is 0 Å². The number of aromatic hydroxyl groups is 1. The van der Waals surface area contributed by atoms with E-state index in [2.05, 4.69) is 10.2 Å². The third-order valence-electron chi connectivity index (χ3n) is 3.37. The van der Waals surface area contributed by atoms with E-state index in [-0.39, 0.29) is 11.7 Å². The van der Waals surface area contributed by atoms with Crippen molar-refractivity contribution in [3.63, 3.8) is 0 Å². The SMILES string of the molecule is CCC(O)Oc1ccc(N=Nc2ccc(O)c(C(C)C)c2)cc1. The highest BCUT2D eigenvalue weighted by atomic mass is 16.6. The molecule has 0 aliphatic rings. The summed E-state index contributed by atoms with van der Waals surface area (Å²) in [4.78, 5) is 0. The van der Waals surface area contributed by atoms with Gasteiger partial charge in [0.05, 0.1) is 11.4 Å². The number of benzene rings is 2. The molecule has 0 amide bonds. The smallest absolute Gasteiger partial charge is 0.197 e. The van der Waals surface area contributed by atoms with Crippen LogP contribution in [-0.2, 0) is 0 Å². The number of aliphatic hydroxyl groups excluding tert-OH is 1. The molecule has 0 saturated heterocycles. The average Bonchev–Trinajstić information content (AvgIpc) is 2.55. The lowest BCUT2D eigenvalue weighted by atomic mass is 10.0. The molecule has 5 nitrogen and oxygen atoms in total. The first kappa shape index (κ1) is 17.0. The van der Waals surface area contributed by atoms with Crippen molar-refractivity contribution in [2.45, 2.75) is 39.4 Å². The number of rotatable bonds is 6. The van der Waals surface area contributed by atoms with Gasteiger partial charge in [-0.25, -0.2) is 0 Å². The Morgan fingerprint density at radius 3 is 2.22 bits per heavy atom. The Balaban J connectivity index is 2.09. The van der Waals surface area contributed by atoms with Gasteiger partial charge in [-0.2, -0.15) is 10.2 Å². The van der Waals surface area contributed by atoms with Crippen LogP contribution >= 0.6 is 0 Å². The fourth-order valence-corrected chi connectivity index (χ4v) is 2.01. The number of phenols is 1. The second-order valence-electron chi connectivity index (χ2n) is 5.57. The van der Waals surface area contributed by atoms with Crippen LogP contribution in [0.2, 0.25) is 0 Å². The first-order valence-electron chi connectivity index (χ1n) is 7.69. The zero-order valence-electron chi connectivity index (χ0n) is 13.6. The molecule has 0 heterocycles. The lowest BCUT2D eigenvalue weighted by molar-refractivity contribution is -0.0191. The lowest BCUT2D eigenvalue weighted by Crippen LogP contribution is -2.13. The summed E-state index contributed by atoms with van der Waals surface area (Å²) in [5.74, 6) is 1.08. The topological polar surface area (TPSA) is 74.4 Å². The Morgan fingerprint density at radius 1 is 1.00 bits per heavy atom. The number of aliphatic hydroxyl groups is 1. The number of nitrogens with zero attached hydrogens (tertiary/aromatic N) is 2. The molecule has 1 unspecified atom stereocenters. The van der Waals surface area contributed by atoms with Gasteiger partial charge in [-0.15, -0.1) is 0 Å². The number of ether oxygens (including phenoxy) is 1. The first-order chi connectivity index (χ1) is 11.0. The highest BCUT2D eigenvalue weighted by molar-refractivity contribution is 5.48. The van der Waals surface area contributed by atoms with Gasteiger partial charge in [-0.3, -0.25) is 0 Å². The Hall–Kier alpha value is -2.40. The van der Waals surface area contributed by atoms with E-state index < -0.39 is 6.29 Å². The van der Waals surface area contributed by atoms with E-state index in [0.717, 1.165) is 5.56 Å². The van der Waals surface area contributed by atoms with Gasteiger partial charge in [0.1, 0.15) is 11.5 Å². The zero-order valence-corrected chi connectivity index (χ0v) is 13.6. The van der Waals surface area contributed by atoms with Crippen LogP contribution in [0.5, 0.6) is 11.5 Å². The summed E-state index contributed by atoms with van der Waals surface area (Å²) in [5, 5.41) is 27.6. The van der Waals surface area contributed by atoms with Crippen LogP contribution in [0.3, 0.4) is 0 Å². The maximum atomic E-state index is 9.81. The second-order valence-corrected chi connectivity index (χ2v) is 5.57. The van der Waals surface area contributed by atoms with E-state index >= 15 is 0 Å². The molecule has 0 spiro atoms. The molecule has 2 rings (SSSR count). The molecule has 0 fully saturated rings. The predicted molar refractivity (Wildman–Crippen MR) is 89.7 cm³/mol. The summed E-state index contributed by atoms with van der Waals surface area (Å²) in [6.07, 6.45) is -0.269. The van der Waals surface area contributed by atoms with Gasteiger partial charge < -0.3 is 14.9 Å². The summed E-state index contributed by atoms with van der Waals surface area (Å²) in [6.45, 7) is 5.87. The predicted octanol–water partition coefficient (Wildman–Crippen LogP) is 5.04. The van der Waals surface area contributed by atoms with Crippen LogP contribution in [0.1, 0.15) is 38.7 Å². The van der Waals surface area contributed by atoms with E-state index in [0.29, 0.717) is 23.5 Å². The summed E-state index contributed by atoms with van der Waals surface area (Å²) in [5.41, 5.74) is 2.22. The van der Waals surface area contributed by atoms with Crippen LogP contribution in [0, 0.1) is 0 Å². The quantitative estimate of drug-likeness (QED) is 0.579. The minimum atomic E-state index is -0.797. The van der Waals surface area contributed by atoms with Gasteiger partial charge in [-0.05, 0) is 53.9 Å². The molecule has 0 radical (unpaired) electrons. The molecule has 2 aromatic carbocycles. The van der Waals surface area contributed by atoms with Gasteiger partial charge in [0.25, 0.3) is 0 Å². The molecule has 23 heavy (non-hydrogen) atoms. The third-order valence-corrected chi connectivity index (χ3v) is 3.37. The maximum Gasteiger partial charge on any atom is 0.197 e. The number of azo groups is 1. The third kappa shape index (κ3) is 4.79. The van der Waals surface area contributed by atoms with Gasteiger partial charge in [0, 0.05) is 6.42 Å². The van der Waals surface area contributed by atoms with Gasteiger partial charge in [0.2, 0.25) is 0 Å². The van der Waals surface area contributed by atoms with Crippen molar-refractivity contribution < 1.29 is 14.9 Å². The van der Waals surface area contributed by atoms with Crippen molar-refractivity contribution in [3.05, 3.63) is 48.0 Å². The number of hydrogen-bond acceptors (Lipinski definition) is 5. The van der Waals surface area contributed by atoms with Gasteiger partial charge in [-0.1, -0.05) is 20.8 Å². The Kier molecular flexibility index (Phi) is 5.71. The second kappa shape index (κ2) is 7.74. The standard InChI is InChI=1S/C18H22N2O3/c1-4-18(22)23-15-8-5-13(6-9-15)19-20-14-7-10-17(21)16(11-14)12(2)3/h5-12,18,21-22H,4H2,1-3H3. The molecule has 2 aromatic rings. The molecule has 0 bridgehead atoms. The fourth-order valence-electron chi connectivity index (χ4n) is 2.01. The van der Waals surface area contributed by atoms with E-state index in [1.807, 2.05) is 26.8 Å². The Labute approximate surface area is 136 Å². The molecular weight excluding hydrogens is 292 g/mol. The average molecular weight is 314 g/mol. The highest BCUT2D eigenvalue weighted by Crippen LogP contribution is 2.30. The summed E-state index contributed by atoms with van der Waals surface area (Å²) < 4.78 is 5.29. The van der Waals surface area contributed by atoms with Crippen molar-refractivity contribution in [2.24, 2.45) is 10.2 Å². The van der Waals surface area contributed by atoms with Crippen LogP contribution in [0.15, 0.2) is 52.7 Å². The summed E-state index contributed by atoms with van der Waals surface area (Å²) in [6, 6.07) is 12.2. The monoisotopic (exact) mass is 314 g/mol. The molecule has 5 heteroatoms.